The van der Waals surface area contributed by atoms with Gasteiger partial charge in [0, 0.05) is 0 Å². The second kappa shape index (κ2) is 6.76. The van der Waals surface area contributed by atoms with Crippen LogP contribution in [0.25, 0.3) is 0 Å². The zero-order valence-corrected chi connectivity index (χ0v) is 12.0. The van der Waals surface area contributed by atoms with Gasteiger partial charge in [0.1, 0.15) is 11.5 Å². The van der Waals surface area contributed by atoms with Crippen LogP contribution in [0.4, 0.5) is 0 Å². The van der Waals surface area contributed by atoms with Crippen molar-refractivity contribution in [2.45, 2.75) is 0 Å². The molecule has 1 amide bonds. The van der Waals surface area contributed by atoms with Crippen LogP contribution in [-0.4, -0.2) is 24.3 Å². The number of carbonyl (C=O) groups excluding carboxylic acids is 1. The second-order valence-corrected chi connectivity index (χ2v) is 4.52. The number of hydrogen-bond acceptors (Lipinski definition) is 4. The summed E-state index contributed by atoms with van der Waals surface area (Å²) in [6.07, 6.45) is 1.43. The Bertz CT molecular complexity index is 686. The molecule has 0 saturated carbocycles. The highest BCUT2D eigenvalue weighted by atomic mass is 35.5. The monoisotopic (exact) mass is 304 g/mol. The molecule has 6 heteroatoms. The highest BCUT2D eigenvalue weighted by Crippen LogP contribution is 2.22. The number of benzene rings is 2. The number of nitrogens with one attached hydrogen (secondary N) is 1. The maximum atomic E-state index is 12.0. The van der Waals surface area contributed by atoms with E-state index in [-0.39, 0.29) is 16.7 Å². The van der Waals surface area contributed by atoms with Gasteiger partial charge >= 0.3 is 0 Å². The van der Waals surface area contributed by atoms with Crippen LogP contribution in [0.5, 0.6) is 11.5 Å². The summed E-state index contributed by atoms with van der Waals surface area (Å²) in [6.45, 7) is 0. The van der Waals surface area contributed by atoms with E-state index in [1.54, 1.807) is 30.3 Å². The van der Waals surface area contributed by atoms with Crippen molar-refractivity contribution in [3.63, 3.8) is 0 Å². The molecule has 0 aliphatic rings. The minimum atomic E-state index is -0.381. The lowest BCUT2D eigenvalue weighted by Crippen LogP contribution is -2.18. The van der Waals surface area contributed by atoms with E-state index in [0.717, 1.165) is 0 Å². The van der Waals surface area contributed by atoms with Crippen LogP contribution in [0, 0.1) is 0 Å². The van der Waals surface area contributed by atoms with E-state index < -0.39 is 0 Å². The number of hydrogen-bond donors (Lipinski definition) is 2. The standard InChI is InChI=1S/C15H13ClN2O3/c1-21-14-5-3-2-4-11(14)15(20)18-17-9-10-6-7-13(19)12(16)8-10/h2-9,19H,1H3,(H,18,20)/b17-9+. The predicted octanol–water partition coefficient (Wildman–Crippen LogP) is 2.82. The summed E-state index contributed by atoms with van der Waals surface area (Å²) in [6, 6.07) is 11.5. The van der Waals surface area contributed by atoms with E-state index in [9.17, 15) is 9.90 Å². The molecule has 0 aliphatic carbocycles. The molecule has 0 heterocycles. The molecule has 0 aliphatic heterocycles. The van der Waals surface area contributed by atoms with E-state index in [0.29, 0.717) is 16.9 Å². The Morgan fingerprint density at radius 2 is 2.10 bits per heavy atom. The van der Waals surface area contributed by atoms with Gasteiger partial charge in [-0.1, -0.05) is 23.7 Å². The van der Waals surface area contributed by atoms with Gasteiger partial charge in [-0.2, -0.15) is 5.10 Å². The number of nitrogens with zero attached hydrogens (tertiary/aromatic N) is 1. The maximum absolute atomic E-state index is 12.0. The van der Waals surface area contributed by atoms with Crippen molar-refractivity contribution in [2.24, 2.45) is 5.10 Å². The molecule has 108 valence electrons. The van der Waals surface area contributed by atoms with Crippen molar-refractivity contribution >= 4 is 23.7 Å². The molecule has 0 saturated heterocycles. The average molecular weight is 305 g/mol. The van der Waals surface area contributed by atoms with Gasteiger partial charge < -0.3 is 9.84 Å². The van der Waals surface area contributed by atoms with Gasteiger partial charge in [0.25, 0.3) is 5.91 Å². The molecule has 0 bridgehead atoms. The Hall–Kier alpha value is -2.53. The fourth-order valence-corrected chi connectivity index (χ4v) is 1.85. The molecular formula is C15H13ClN2O3. The van der Waals surface area contributed by atoms with Gasteiger partial charge in [-0.25, -0.2) is 5.43 Å². The molecule has 2 rings (SSSR count). The molecule has 0 aromatic heterocycles. The number of hydrazone groups is 1. The van der Waals surface area contributed by atoms with Gasteiger partial charge in [0.2, 0.25) is 0 Å². The van der Waals surface area contributed by atoms with Crippen LogP contribution in [0.3, 0.4) is 0 Å². The van der Waals surface area contributed by atoms with Crippen molar-refractivity contribution < 1.29 is 14.6 Å². The molecule has 5 nitrogen and oxygen atoms in total. The number of rotatable bonds is 4. The van der Waals surface area contributed by atoms with Crippen LogP contribution in [0.15, 0.2) is 47.6 Å². The number of methoxy groups -OCH3 is 1. The molecule has 21 heavy (non-hydrogen) atoms. The average Bonchev–Trinajstić information content (AvgIpc) is 2.50. The Labute approximate surface area is 126 Å². The lowest BCUT2D eigenvalue weighted by molar-refractivity contribution is 0.0952. The minimum absolute atomic E-state index is 0.00752. The van der Waals surface area contributed by atoms with Crippen LogP contribution < -0.4 is 10.2 Å². The smallest absolute Gasteiger partial charge is 0.275 e. The number of amides is 1. The Balaban J connectivity index is 2.06. The number of phenols is 1. The number of aromatic hydroxyl groups is 1. The molecule has 2 aromatic carbocycles. The third kappa shape index (κ3) is 3.73. The van der Waals surface area contributed by atoms with Crippen molar-refractivity contribution in [3.05, 3.63) is 58.6 Å². The zero-order chi connectivity index (χ0) is 15.2. The third-order valence-electron chi connectivity index (χ3n) is 2.70. The molecule has 0 radical (unpaired) electrons. The second-order valence-electron chi connectivity index (χ2n) is 4.11. The third-order valence-corrected chi connectivity index (χ3v) is 3.01. The first-order valence-electron chi connectivity index (χ1n) is 6.06. The van der Waals surface area contributed by atoms with Crippen molar-refractivity contribution in [1.82, 2.24) is 5.43 Å². The summed E-state index contributed by atoms with van der Waals surface area (Å²) < 4.78 is 5.10. The first-order valence-corrected chi connectivity index (χ1v) is 6.44. The lowest BCUT2D eigenvalue weighted by Gasteiger charge is -2.06. The van der Waals surface area contributed by atoms with Crippen molar-refractivity contribution in [3.8, 4) is 11.5 Å². The quantitative estimate of drug-likeness (QED) is 0.674. The van der Waals surface area contributed by atoms with E-state index in [2.05, 4.69) is 10.5 Å². The SMILES string of the molecule is COc1ccccc1C(=O)N/N=C/c1ccc(O)c(Cl)c1. The normalized spacial score (nSPS) is 10.6. The fourth-order valence-electron chi connectivity index (χ4n) is 1.66. The van der Waals surface area contributed by atoms with E-state index in [1.165, 1.54) is 25.5 Å². The lowest BCUT2D eigenvalue weighted by atomic mass is 10.2. The number of para-hydroxylation sites is 1. The number of halogens is 1. The molecule has 0 spiro atoms. The minimum Gasteiger partial charge on any atom is -0.506 e. The first kappa shape index (κ1) is 14.9. The molecule has 0 fully saturated rings. The van der Waals surface area contributed by atoms with Crippen molar-refractivity contribution in [2.75, 3.05) is 7.11 Å². The summed E-state index contributed by atoms with van der Waals surface area (Å²) >= 11 is 5.78. The molecule has 0 unspecified atom stereocenters. The van der Waals surface area contributed by atoms with Crippen LogP contribution >= 0.6 is 11.6 Å². The van der Waals surface area contributed by atoms with Crippen LogP contribution in [0.1, 0.15) is 15.9 Å². The molecule has 0 atom stereocenters. The van der Waals surface area contributed by atoms with Gasteiger partial charge in [-0.15, -0.1) is 0 Å². The van der Waals surface area contributed by atoms with Gasteiger partial charge in [0.15, 0.2) is 0 Å². The van der Waals surface area contributed by atoms with Crippen molar-refractivity contribution in [1.29, 1.82) is 0 Å². The highest BCUT2D eigenvalue weighted by molar-refractivity contribution is 6.32. The maximum Gasteiger partial charge on any atom is 0.275 e. The topological polar surface area (TPSA) is 70.9 Å². The number of carbonyl (C=O) groups is 1. The van der Waals surface area contributed by atoms with Gasteiger partial charge in [-0.3, -0.25) is 4.79 Å². The Kier molecular flexibility index (Phi) is 4.79. The van der Waals surface area contributed by atoms with E-state index in [4.69, 9.17) is 16.3 Å². The number of phenolic OH excluding ortho intramolecular Hbond substituents is 1. The van der Waals surface area contributed by atoms with Crippen LogP contribution in [-0.2, 0) is 0 Å². The van der Waals surface area contributed by atoms with Gasteiger partial charge in [-0.05, 0) is 35.9 Å². The molecular weight excluding hydrogens is 292 g/mol. The fraction of sp³-hybridized carbons (Fsp3) is 0.0667. The summed E-state index contributed by atoms with van der Waals surface area (Å²) in [7, 11) is 1.49. The van der Waals surface area contributed by atoms with E-state index >= 15 is 0 Å². The Morgan fingerprint density at radius 3 is 2.81 bits per heavy atom. The first-order chi connectivity index (χ1) is 10.1. The summed E-state index contributed by atoms with van der Waals surface area (Å²) in [5, 5.41) is 13.4. The van der Waals surface area contributed by atoms with E-state index in [1.807, 2.05) is 0 Å². The van der Waals surface area contributed by atoms with Crippen LogP contribution in [0.2, 0.25) is 5.02 Å². The summed E-state index contributed by atoms with van der Waals surface area (Å²) in [5.74, 6) is 0.0818. The van der Waals surface area contributed by atoms with Gasteiger partial charge in [0.05, 0.1) is 23.9 Å². The predicted molar refractivity (Wildman–Crippen MR) is 81.2 cm³/mol. The Morgan fingerprint density at radius 1 is 1.33 bits per heavy atom. The summed E-state index contributed by atoms with van der Waals surface area (Å²) in [4.78, 5) is 12.0. The summed E-state index contributed by atoms with van der Waals surface area (Å²) in [5.41, 5.74) is 3.44. The molecule has 2 aromatic rings. The largest absolute Gasteiger partial charge is 0.506 e. The zero-order valence-electron chi connectivity index (χ0n) is 11.2. The highest BCUT2D eigenvalue weighted by Gasteiger charge is 2.09. The number of ether oxygens (including phenoxy) is 1. The molecule has 2 N–H and O–H groups in total.